The second kappa shape index (κ2) is 3.62. The van der Waals surface area contributed by atoms with E-state index >= 15 is 0 Å². The molecule has 0 unspecified atom stereocenters. The molecule has 0 saturated carbocycles. The van der Waals surface area contributed by atoms with Gasteiger partial charge in [-0.1, -0.05) is 0 Å². The van der Waals surface area contributed by atoms with E-state index in [4.69, 9.17) is 0 Å². The van der Waals surface area contributed by atoms with Crippen LogP contribution in [-0.4, -0.2) is 43.5 Å². The van der Waals surface area contributed by atoms with Crippen molar-refractivity contribution in [2.45, 2.75) is 10.9 Å². The van der Waals surface area contributed by atoms with E-state index < -0.39 is 10.0 Å². The first-order valence-corrected chi connectivity index (χ1v) is 6.26. The van der Waals surface area contributed by atoms with Crippen molar-refractivity contribution in [2.24, 2.45) is 7.05 Å². The molecule has 15 heavy (non-hydrogen) atoms. The Morgan fingerprint density at radius 2 is 2.20 bits per heavy atom. The zero-order valence-electron chi connectivity index (χ0n) is 8.84. The lowest BCUT2D eigenvalue weighted by molar-refractivity contribution is 0.274. The number of hydrogen-bond acceptors (Lipinski definition) is 3. The van der Waals surface area contributed by atoms with Gasteiger partial charge in [0.25, 0.3) is 0 Å². The molecule has 1 saturated heterocycles. The minimum Gasteiger partial charge on any atom is -0.356 e. The van der Waals surface area contributed by atoms with Crippen molar-refractivity contribution in [3.05, 3.63) is 18.5 Å². The molecule has 0 bridgehead atoms. The van der Waals surface area contributed by atoms with E-state index in [9.17, 15) is 8.42 Å². The monoisotopic (exact) mass is 229 g/mol. The van der Waals surface area contributed by atoms with Crippen LogP contribution in [0, 0.1) is 0 Å². The van der Waals surface area contributed by atoms with Crippen molar-refractivity contribution < 1.29 is 8.42 Å². The molecule has 5 nitrogen and oxygen atoms in total. The predicted molar refractivity (Wildman–Crippen MR) is 57.0 cm³/mol. The number of nitrogens with one attached hydrogen (secondary N) is 1. The Bertz CT molecular complexity index is 448. The number of likely N-dealkylation sites (N-methyl/N-ethyl adjacent to an activating group) is 1. The van der Waals surface area contributed by atoms with Crippen LogP contribution in [0.2, 0.25) is 0 Å². The van der Waals surface area contributed by atoms with Crippen molar-refractivity contribution in [3.8, 4) is 0 Å². The lowest BCUT2D eigenvalue weighted by atomic mass is 10.2. The van der Waals surface area contributed by atoms with E-state index in [2.05, 4.69) is 5.32 Å². The van der Waals surface area contributed by atoms with Crippen LogP contribution < -0.4 is 5.32 Å². The van der Waals surface area contributed by atoms with Gasteiger partial charge in [0.05, 0.1) is 4.90 Å². The molecule has 0 radical (unpaired) electrons. The largest absolute Gasteiger partial charge is 0.356 e. The van der Waals surface area contributed by atoms with E-state index in [1.807, 2.05) is 7.05 Å². The fourth-order valence-corrected chi connectivity index (χ4v) is 2.93. The third-order valence-electron chi connectivity index (χ3n) is 2.76. The topological polar surface area (TPSA) is 54.3 Å². The van der Waals surface area contributed by atoms with Crippen molar-refractivity contribution >= 4 is 10.0 Å². The average molecular weight is 229 g/mol. The maximum absolute atomic E-state index is 12.1. The van der Waals surface area contributed by atoms with Crippen LogP contribution in [0.25, 0.3) is 0 Å². The molecule has 1 N–H and O–H groups in total. The van der Waals surface area contributed by atoms with Gasteiger partial charge in [-0.2, -0.15) is 4.31 Å². The van der Waals surface area contributed by atoms with Gasteiger partial charge in [-0.25, -0.2) is 8.42 Å². The summed E-state index contributed by atoms with van der Waals surface area (Å²) in [5.74, 6) is 0. The van der Waals surface area contributed by atoms with E-state index in [0.717, 1.165) is 13.1 Å². The van der Waals surface area contributed by atoms with Gasteiger partial charge in [-0.05, 0) is 6.07 Å². The number of sulfonamides is 1. The minimum absolute atomic E-state index is 0.0928. The molecule has 84 valence electrons. The van der Waals surface area contributed by atoms with Gasteiger partial charge in [0.1, 0.15) is 0 Å². The molecule has 0 spiro atoms. The first kappa shape index (κ1) is 10.7. The van der Waals surface area contributed by atoms with Crippen molar-refractivity contribution in [2.75, 3.05) is 20.1 Å². The Labute approximate surface area is 89.7 Å². The van der Waals surface area contributed by atoms with Gasteiger partial charge >= 0.3 is 0 Å². The van der Waals surface area contributed by atoms with Crippen LogP contribution in [0.15, 0.2) is 23.4 Å². The van der Waals surface area contributed by atoms with Crippen LogP contribution in [0.3, 0.4) is 0 Å². The molecule has 6 heteroatoms. The molecule has 1 aromatic rings. The normalized spacial score (nSPS) is 18.1. The zero-order valence-corrected chi connectivity index (χ0v) is 9.66. The van der Waals surface area contributed by atoms with Crippen molar-refractivity contribution in [1.82, 2.24) is 14.2 Å². The van der Waals surface area contributed by atoms with Crippen molar-refractivity contribution in [3.63, 3.8) is 0 Å². The smallest absolute Gasteiger partial charge is 0.244 e. The van der Waals surface area contributed by atoms with Gasteiger partial charge in [0, 0.05) is 45.6 Å². The molecule has 2 rings (SSSR count). The maximum Gasteiger partial charge on any atom is 0.244 e. The highest BCUT2D eigenvalue weighted by Gasteiger charge is 2.31. The lowest BCUT2D eigenvalue weighted by Gasteiger charge is -2.34. The minimum atomic E-state index is -3.31. The van der Waals surface area contributed by atoms with Gasteiger partial charge < -0.3 is 9.88 Å². The molecule has 1 aliphatic rings. The highest BCUT2D eigenvalue weighted by Crippen LogP contribution is 2.17. The zero-order chi connectivity index (χ0) is 11.1. The highest BCUT2D eigenvalue weighted by atomic mass is 32.2. The Balaban J connectivity index is 2.26. The summed E-state index contributed by atoms with van der Waals surface area (Å²) in [7, 11) is 0.136. The molecular formula is C9H15N3O2S. The second-order valence-corrected chi connectivity index (χ2v) is 5.84. The summed E-state index contributed by atoms with van der Waals surface area (Å²) in [5.41, 5.74) is 0. The third kappa shape index (κ3) is 1.80. The number of hydrogen-bond donors (Lipinski definition) is 1. The molecule has 0 amide bonds. The van der Waals surface area contributed by atoms with Gasteiger partial charge in [0.15, 0.2) is 0 Å². The molecule has 1 aliphatic heterocycles. The summed E-state index contributed by atoms with van der Waals surface area (Å²) in [6.45, 7) is 1.48. The number of nitrogens with zero attached hydrogens (tertiary/aromatic N) is 2. The standard InChI is InChI=1S/C9H15N3O2S/c1-11-4-3-9(7-11)15(13,14)12(2)8-5-10-6-8/h3-4,7-8,10H,5-6H2,1-2H3. The molecule has 0 atom stereocenters. The number of aryl methyl sites for hydroxylation is 1. The van der Waals surface area contributed by atoms with Crippen LogP contribution in [0.5, 0.6) is 0 Å². The van der Waals surface area contributed by atoms with Crippen LogP contribution in [-0.2, 0) is 17.1 Å². The Kier molecular flexibility index (Phi) is 2.57. The van der Waals surface area contributed by atoms with Gasteiger partial charge in [-0.15, -0.1) is 0 Å². The molecule has 0 aliphatic carbocycles. The van der Waals surface area contributed by atoms with Crippen molar-refractivity contribution in [1.29, 1.82) is 0 Å². The van der Waals surface area contributed by atoms with Gasteiger partial charge in [0.2, 0.25) is 10.0 Å². The summed E-state index contributed by atoms with van der Waals surface area (Å²) in [6.07, 6.45) is 3.36. The molecule has 2 heterocycles. The fraction of sp³-hybridized carbons (Fsp3) is 0.556. The first-order valence-electron chi connectivity index (χ1n) is 4.82. The van der Waals surface area contributed by atoms with Gasteiger partial charge in [-0.3, -0.25) is 0 Å². The third-order valence-corrected chi connectivity index (χ3v) is 4.65. The van der Waals surface area contributed by atoms with Crippen LogP contribution >= 0.6 is 0 Å². The molecular weight excluding hydrogens is 214 g/mol. The van der Waals surface area contributed by atoms with Crippen LogP contribution in [0.4, 0.5) is 0 Å². The Hall–Kier alpha value is -0.850. The summed E-state index contributed by atoms with van der Waals surface area (Å²) in [5, 5.41) is 3.06. The second-order valence-electron chi connectivity index (χ2n) is 3.85. The van der Waals surface area contributed by atoms with E-state index in [1.54, 1.807) is 30.1 Å². The SMILES string of the molecule is CN(C1CNC1)S(=O)(=O)c1ccn(C)c1. The maximum atomic E-state index is 12.1. The fourth-order valence-electron chi connectivity index (χ4n) is 1.52. The number of aromatic nitrogens is 1. The predicted octanol–water partition coefficient (Wildman–Crippen LogP) is -0.383. The lowest BCUT2D eigenvalue weighted by Crippen LogP contribution is -2.57. The quantitative estimate of drug-likeness (QED) is 0.768. The summed E-state index contributed by atoms with van der Waals surface area (Å²) in [4.78, 5) is 0.361. The van der Waals surface area contributed by atoms with E-state index in [1.165, 1.54) is 4.31 Å². The number of rotatable bonds is 3. The van der Waals surface area contributed by atoms with E-state index in [0.29, 0.717) is 4.90 Å². The first-order chi connectivity index (χ1) is 7.01. The Morgan fingerprint density at radius 3 is 2.60 bits per heavy atom. The summed E-state index contributed by atoms with van der Waals surface area (Å²) < 4.78 is 27.3. The highest BCUT2D eigenvalue weighted by molar-refractivity contribution is 7.89. The summed E-state index contributed by atoms with van der Waals surface area (Å²) >= 11 is 0. The average Bonchev–Trinajstić information content (AvgIpc) is 2.49. The molecule has 1 aromatic heterocycles. The Morgan fingerprint density at radius 1 is 1.53 bits per heavy atom. The molecule has 0 aromatic carbocycles. The van der Waals surface area contributed by atoms with E-state index in [-0.39, 0.29) is 6.04 Å². The van der Waals surface area contributed by atoms with Crippen LogP contribution in [0.1, 0.15) is 0 Å². The molecule has 1 fully saturated rings. The summed E-state index contributed by atoms with van der Waals surface area (Å²) in [6, 6.07) is 1.72.